The van der Waals surface area contributed by atoms with Crippen molar-refractivity contribution in [2.24, 2.45) is 16.6 Å². The van der Waals surface area contributed by atoms with Crippen LogP contribution in [0, 0.1) is 5.92 Å². The molecule has 2 rings (SSSR count). The molecule has 0 amide bonds. The molecule has 94 valence electrons. The van der Waals surface area contributed by atoms with Crippen LogP contribution in [-0.4, -0.2) is 18.5 Å². The maximum atomic E-state index is 5.84. The number of nitrogens with zero attached hydrogens (tertiary/aromatic N) is 1. The minimum atomic E-state index is 0.469. The fourth-order valence-corrected chi connectivity index (χ4v) is 3.32. The summed E-state index contributed by atoms with van der Waals surface area (Å²) in [5, 5.41) is 3.29. The van der Waals surface area contributed by atoms with Crippen molar-refractivity contribution in [1.82, 2.24) is 5.32 Å². The van der Waals surface area contributed by atoms with Gasteiger partial charge in [0.15, 0.2) is 5.96 Å². The van der Waals surface area contributed by atoms with E-state index in [-0.39, 0.29) is 0 Å². The number of rotatable bonds is 4. The third-order valence-electron chi connectivity index (χ3n) is 2.71. The molecular weight excluding hydrogens is 298 g/mol. The highest BCUT2D eigenvalue weighted by atomic mass is 79.9. The van der Waals surface area contributed by atoms with Gasteiger partial charge in [-0.1, -0.05) is 13.8 Å². The van der Waals surface area contributed by atoms with E-state index >= 15 is 0 Å². The van der Waals surface area contributed by atoms with Gasteiger partial charge in [-0.15, -0.1) is 11.3 Å². The van der Waals surface area contributed by atoms with Gasteiger partial charge >= 0.3 is 0 Å². The number of halogens is 1. The topological polar surface area (TPSA) is 50.4 Å². The molecule has 3 nitrogen and oxygen atoms in total. The molecule has 0 aromatic carbocycles. The number of hydrogen-bond donors (Lipinski definition) is 2. The fraction of sp³-hybridized carbons (Fsp3) is 0.583. The van der Waals surface area contributed by atoms with Gasteiger partial charge in [0.1, 0.15) is 0 Å². The zero-order chi connectivity index (χ0) is 12.4. The predicted molar refractivity (Wildman–Crippen MR) is 77.6 cm³/mol. The molecule has 0 bridgehead atoms. The van der Waals surface area contributed by atoms with Crippen LogP contribution in [0.4, 0.5) is 0 Å². The molecule has 1 aromatic rings. The fourth-order valence-electron chi connectivity index (χ4n) is 1.71. The van der Waals surface area contributed by atoms with Gasteiger partial charge in [-0.25, -0.2) is 0 Å². The number of nitrogens with two attached hydrogens (primary N) is 1. The van der Waals surface area contributed by atoms with Crippen molar-refractivity contribution in [1.29, 1.82) is 0 Å². The smallest absolute Gasteiger partial charge is 0.188 e. The van der Waals surface area contributed by atoms with Gasteiger partial charge in [-0.05, 0) is 40.4 Å². The number of guanidine groups is 1. The summed E-state index contributed by atoms with van der Waals surface area (Å²) in [4.78, 5) is 5.74. The minimum Gasteiger partial charge on any atom is -0.370 e. The van der Waals surface area contributed by atoms with Crippen LogP contribution in [0.15, 0.2) is 20.9 Å². The lowest BCUT2D eigenvalue weighted by atomic mass is 10.2. The normalized spacial score (nSPS) is 24.1. The van der Waals surface area contributed by atoms with Crippen LogP contribution in [-0.2, 0) is 0 Å². The molecule has 1 aliphatic rings. The standard InChI is InChI=1S/C12H18BrN3S/c1-7(2)6-15-12(14)16-9-5-8(9)10-3-4-11(13)17-10/h3-4,7-9H,5-6H2,1-2H3,(H3,14,15,16)/t8-,9-/m1/s1. The van der Waals surface area contributed by atoms with Gasteiger partial charge in [0, 0.05) is 23.4 Å². The Kier molecular flexibility index (Phi) is 4.09. The second-order valence-electron chi connectivity index (χ2n) is 4.85. The van der Waals surface area contributed by atoms with Gasteiger partial charge in [0.2, 0.25) is 0 Å². The summed E-state index contributed by atoms with van der Waals surface area (Å²) in [6, 6.07) is 4.75. The molecule has 5 heteroatoms. The quantitative estimate of drug-likeness (QED) is 0.663. The monoisotopic (exact) mass is 315 g/mol. The molecule has 1 fully saturated rings. The van der Waals surface area contributed by atoms with Crippen LogP contribution < -0.4 is 11.1 Å². The van der Waals surface area contributed by atoms with Gasteiger partial charge in [0.25, 0.3) is 0 Å². The van der Waals surface area contributed by atoms with Crippen molar-refractivity contribution in [3.05, 3.63) is 20.8 Å². The number of aliphatic imine (C=N–C) groups is 1. The molecule has 17 heavy (non-hydrogen) atoms. The van der Waals surface area contributed by atoms with Crippen LogP contribution >= 0.6 is 27.3 Å². The molecule has 1 saturated carbocycles. The molecule has 0 spiro atoms. The maximum absolute atomic E-state index is 5.84. The van der Waals surface area contributed by atoms with Gasteiger partial charge in [0.05, 0.1) is 3.79 Å². The third kappa shape index (κ3) is 3.71. The number of hydrogen-bond acceptors (Lipinski definition) is 2. The van der Waals surface area contributed by atoms with E-state index < -0.39 is 0 Å². The van der Waals surface area contributed by atoms with E-state index in [1.54, 1.807) is 11.3 Å². The van der Waals surface area contributed by atoms with Crippen LogP contribution in [0.3, 0.4) is 0 Å². The predicted octanol–water partition coefficient (Wildman–Crippen LogP) is 2.93. The van der Waals surface area contributed by atoms with Crippen molar-refractivity contribution < 1.29 is 0 Å². The second kappa shape index (κ2) is 5.40. The summed E-state index contributed by atoms with van der Waals surface area (Å²) in [6.45, 7) is 5.07. The second-order valence-corrected chi connectivity index (χ2v) is 7.35. The lowest BCUT2D eigenvalue weighted by Gasteiger charge is -2.05. The van der Waals surface area contributed by atoms with Gasteiger partial charge in [-0.2, -0.15) is 0 Å². The zero-order valence-corrected chi connectivity index (χ0v) is 12.5. The lowest BCUT2D eigenvalue weighted by Crippen LogP contribution is -2.34. The summed E-state index contributed by atoms with van der Waals surface area (Å²) in [6.07, 6.45) is 1.16. The van der Waals surface area contributed by atoms with Crippen molar-refractivity contribution in [2.45, 2.75) is 32.2 Å². The Labute approximate surface area is 115 Å². The first kappa shape index (κ1) is 12.9. The molecule has 0 aliphatic heterocycles. The Morgan fingerprint density at radius 3 is 3.00 bits per heavy atom. The van der Waals surface area contributed by atoms with Crippen LogP contribution in [0.2, 0.25) is 0 Å². The average Bonchev–Trinajstić information content (AvgIpc) is 2.88. The Balaban J connectivity index is 1.81. The molecule has 0 radical (unpaired) electrons. The van der Waals surface area contributed by atoms with E-state index in [2.05, 4.69) is 52.2 Å². The summed E-state index contributed by atoms with van der Waals surface area (Å²) in [5.41, 5.74) is 5.84. The molecule has 0 unspecified atom stereocenters. The molecule has 2 atom stereocenters. The molecule has 3 N–H and O–H groups in total. The van der Waals surface area contributed by atoms with E-state index in [9.17, 15) is 0 Å². The summed E-state index contributed by atoms with van der Waals surface area (Å²) >= 11 is 5.29. The summed E-state index contributed by atoms with van der Waals surface area (Å²) < 4.78 is 1.19. The molecule has 0 saturated heterocycles. The summed E-state index contributed by atoms with van der Waals surface area (Å²) in [7, 11) is 0. The molecular formula is C12H18BrN3S. The van der Waals surface area contributed by atoms with E-state index in [1.807, 2.05) is 0 Å². The Bertz CT molecular complexity index is 414. The van der Waals surface area contributed by atoms with Gasteiger partial charge < -0.3 is 11.1 Å². The first-order valence-corrected chi connectivity index (χ1v) is 7.49. The SMILES string of the molecule is CC(C)CN=C(N)N[C@@H]1C[C@H]1c1ccc(Br)s1. The first-order valence-electron chi connectivity index (χ1n) is 5.88. The summed E-state index contributed by atoms with van der Waals surface area (Å²) in [5.74, 6) is 1.75. The Morgan fingerprint density at radius 2 is 2.41 bits per heavy atom. The number of nitrogens with one attached hydrogen (secondary N) is 1. The van der Waals surface area contributed by atoms with Crippen molar-refractivity contribution in [3.63, 3.8) is 0 Å². The van der Waals surface area contributed by atoms with E-state index in [1.165, 1.54) is 8.66 Å². The van der Waals surface area contributed by atoms with Crippen LogP contribution in [0.5, 0.6) is 0 Å². The minimum absolute atomic E-state index is 0.469. The first-order chi connectivity index (χ1) is 8.06. The van der Waals surface area contributed by atoms with Crippen molar-refractivity contribution in [2.75, 3.05) is 6.54 Å². The Morgan fingerprint density at radius 1 is 1.65 bits per heavy atom. The van der Waals surface area contributed by atoms with Crippen molar-refractivity contribution >= 4 is 33.2 Å². The van der Waals surface area contributed by atoms with Crippen molar-refractivity contribution in [3.8, 4) is 0 Å². The zero-order valence-electron chi connectivity index (χ0n) is 10.1. The van der Waals surface area contributed by atoms with Crippen LogP contribution in [0.25, 0.3) is 0 Å². The lowest BCUT2D eigenvalue weighted by molar-refractivity contribution is 0.660. The maximum Gasteiger partial charge on any atom is 0.188 e. The molecule has 1 aromatic heterocycles. The van der Waals surface area contributed by atoms with E-state index in [4.69, 9.17) is 5.73 Å². The van der Waals surface area contributed by atoms with Crippen LogP contribution in [0.1, 0.15) is 31.1 Å². The average molecular weight is 316 g/mol. The highest BCUT2D eigenvalue weighted by molar-refractivity contribution is 9.11. The largest absolute Gasteiger partial charge is 0.370 e. The van der Waals surface area contributed by atoms with E-state index in [0.717, 1.165) is 13.0 Å². The third-order valence-corrected chi connectivity index (χ3v) is 4.47. The highest BCUT2D eigenvalue weighted by Gasteiger charge is 2.39. The van der Waals surface area contributed by atoms with Gasteiger partial charge in [-0.3, -0.25) is 4.99 Å². The molecule has 1 heterocycles. The Hall–Kier alpha value is -0.550. The highest BCUT2D eigenvalue weighted by Crippen LogP contribution is 2.44. The molecule has 1 aliphatic carbocycles. The number of thiophene rings is 1. The van der Waals surface area contributed by atoms with E-state index in [0.29, 0.717) is 23.8 Å².